The number of nitrogens with zero attached hydrogens (tertiary/aromatic N) is 3. The molecule has 1 N–H and O–H groups in total. The van der Waals surface area contributed by atoms with Gasteiger partial charge < -0.3 is 19.4 Å². The minimum Gasteiger partial charge on any atom is -0.483 e. The highest BCUT2D eigenvalue weighted by Crippen LogP contribution is 2.32. The van der Waals surface area contributed by atoms with Crippen molar-refractivity contribution < 1.29 is 15.4 Å². The number of fused-ring (bicyclic) bond motifs is 1. The second-order valence-electron chi connectivity index (χ2n) is 4.34. The minimum absolute atomic E-state index is 0. The van der Waals surface area contributed by atoms with Crippen LogP contribution in [0.4, 0.5) is 11.6 Å². The van der Waals surface area contributed by atoms with Crippen molar-refractivity contribution in [2.45, 2.75) is 0 Å². The summed E-state index contributed by atoms with van der Waals surface area (Å²) in [7, 11) is 0. The minimum atomic E-state index is -0.729. The van der Waals surface area contributed by atoms with Crippen LogP contribution in [0.25, 0.3) is 0 Å². The highest BCUT2D eigenvalue weighted by Gasteiger charge is 2.27. The molecular formula is C14H14N4O4. The largest absolute Gasteiger partial charge is 0.483 e. The Balaban J connectivity index is 0.00000192. The number of aromatic nitrogens is 2. The van der Waals surface area contributed by atoms with Crippen LogP contribution in [-0.4, -0.2) is 29.0 Å². The van der Waals surface area contributed by atoms with Gasteiger partial charge in [-0.2, -0.15) is 0 Å². The van der Waals surface area contributed by atoms with Crippen molar-refractivity contribution in [2.24, 2.45) is 0 Å². The Labute approximate surface area is 126 Å². The molecule has 22 heavy (non-hydrogen) atoms. The molecule has 0 saturated carbocycles. The maximum Gasteiger partial charge on any atom is 0.381 e. The van der Waals surface area contributed by atoms with Crippen LogP contribution < -0.4 is 20.6 Å². The van der Waals surface area contributed by atoms with Crippen LogP contribution in [0.2, 0.25) is 0 Å². The molecule has 2 aromatic rings. The van der Waals surface area contributed by atoms with Gasteiger partial charge in [0.15, 0.2) is 5.76 Å². The van der Waals surface area contributed by atoms with E-state index < -0.39 is 11.5 Å². The average Bonchev–Trinajstić information content (AvgIpc) is 2.55. The summed E-state index contributed by atoms with van der Waals surface area (Å²) >= 11 is 0. The SMILES string of the molecule is C=CNC(=O)c1cc2c(c(=O)o1)OCCN2c1ncccn1.[HH]. The zero-order valence-corrected chi connectivity index (χ0v) is 11.5. The Morgan fingerprint density at radius 2 is 2.23 bits per heavy atom. The standard InChI is InChI=1S/C14H12N4O4.H2/c1-2-15-12(19)10-8-9-11(13(20)22-10)21-7-6-18(9)14-16-4-3-5-17-14;/h2-5,8H,1,6-7H2,(H,15,19);1H. The fourth-order valence-electron chi connectivity index (χ4n) is 2.08. The van der Waals surface area contributed by atoms with Crippen LogP contribution in [0, 0.1) is 0 Å². The van der Waals surface area contributed by atoms with Crippen LogP contribution in [0.3, 0.4) is 0 Å². The topological polar surface area (TPSA) is 97.6 Å². The Morgan fingerprint density at radius 1 is 1.45 bits per heavy atom. The lowest BCUT2D eigenvalue weighted by Gasteiger charge is -2.28. The first-order chi connectivity index (χ1) is 10.7. The van der Waals surface area contributed by atoms with Gasteiger partial charge in [-0.1, -0.05) is 6.58 Å². The number of carbonyl (C=O) groups excluding carboxylic acids is 1. The molecule has 8 heteroatoms. The van der Waals surface area contributed by atoms with Gasteiger partial charge in [0.05, 0.1) is 12.2 Å². The number of ether oxygens (including phenoxy) is 1. The molecule has 1 aliphatic heterocycles. The molecule has 2 aromatic heterocycles. The van der Waals surface area contributed by atoms with Crippen molar-refractivity contribution in [3.05, 3.63) is 53.5 Å². The van der Waals surface area contributed by atoms with Crippen molar-refractivity contribution >= 4 is 17.5 Å². The molecule has 114 valence electrons. The molecule has 0 fully saturated rings. The van der Waals surface area contributed by atoms with Gasteiger partial charge in [-0.05, 0) is 12.3 Å². The van der Waals surface area contributed by atoms with Gasteiger partial charge in [0, 0.05) is 19.9 Å². The second-order valence-corrected chi connectivity index (χ2v) is 4.34. The predicted octanol–water partition coefficient (Wildman–Crippen LogP) is 1.08. The Hall–Kier alpha value is -3.16. The van der Waals surface area contributed by atoms with Crippen molar-refractivity contribution in [2.75, 3.05) is 18.1 Å². The van der Waals surface area contributed by atoms with Gasteiger partial charge in [0.25, 0.3) is 5.91 Å². The lowest BCUT2D eigenvalue weighted by molar-refractivity contribution is 0.0937. The summed E-state index contributed by atoms with van der Waals surface area (Å²) in [6.07, 6.45) is 4.39. The molecular weight excluding hydrogens is 288 g/mol. The second kappa shape index (κ2) is 5.68. The molecule has 0 unspecified atom stereocenters. The lowest BCUT2D eigenvalue weighted by atomic mass is 10.2. The van der Waals surface area contributed by atoms with Crippen LogP contribution >= 0.6 is 0 Å². The predicted molar refractivity (Wildman–Crippen MR) is 79.3 cm³/mol. The van der Waals surface area contributed by atoms with Crippen molar-refractivity contribution in [3.63, 3.8) is 0 Å². The lowest BCUT2D eigenvalue weighted by Crippen LogP contribution is -2.33. The van der Waals surface area contributed by atoms with Gasteiger partial charge in [0.1, 0.15) is 6.61 Å². The number of anilines is 2. The van der Waals surface area contributed by atoms with Gasteiger partial charge in [-0.15, -0.1) is 0 Å². The summed E-state index contributed by atoms with van der Waals surface area (Å²) in [4.78, 5) is 33.8. The van der Waals surface area contributed by atoms with E-state index in [1.54, 1.807) is 23.4 Å². The Bertz CT molecular complexity index is 778. The Morgan fingerprint density at radius 3 is 2.95 bits per heavy atom. The first kappa shape index (κ1) is 13.8. The summed E-state index contributed by atoms with van der Waals surface area (Å²) in [6, 6.07) is 3.11. The van der Waals surface area contributed by atoms with E-state index in [9.17, 15) is 9.59 Å². The average molecular weight is 302 g/mol. The van der Waals surface area contributed by atoms with E-state index >= 15 is 0 Å². The quantitative estimate of drug-likeness (QED) is 0.905. The highest BCUT2D eigenvalue weighted by molar-refractivity contribution is 5.93. The number of hydrogen-bond acceptors (Lipinski definition) is 7. The molecule has 1 aliphatic rings. The molecule has 0 aliphatic carbocycles. The van der Waals surface area contributed by atoms with E-state index in [0.29, 0.717) is 18.2 Å². The van der Waals surface area contributed by atoms with Crippen molar-refractivity contribution in [1.29, 1.82) is 0 Å². The van der Waals surface area contributed by atoms with Gasteiger partial charge in [-0.25, -0.2) is 14.8 Å². The first-order valence-electron chi connectivity index (χ1n) is 6.48. The summed E-state index contributed by atoms with van der Waals surface area (Å²) in [6.45, 7) is 4.13. The molecule has 0 radical (unpaired) electrons. The summed E-state index contributed by atoms with van der Waals surface area (Å²) in [5.41, 5.74) is -0.338. The van der Waals surface area contributed by atoms with Crippen LogP contribution in [0.15, 0.2) is 46.5 Å². The van der Waals surface area contributed by atoms with Crippen molar-refractivity contribution in [1.82, 2.24) is 15.3 Å². The molecule has 0 spiro atoms. The molecule has 0 atom stereocenters. The van der Waals surface area contributed by atoms with E-state index in [1.165, 1.54) is 12.3 Å². The molecule has 1 amide bonds. The van der Waals surface area contributed by atoms with Gasteiger partial charge >= 0.3 is 5.63 Å². The first-order valence-corrected chi connectivity index (χ1v) is 6.48. The van der Waals surface area contributed by atoms with Crippen molar-refractivity contribution in [3.8, 4) is 5.75 Å². The zero-order chi connectivity index (χ0) is 15.5. The highest BCUT2D eigenvalue weighted by atomic mass is 16.5. The fraction of sp³-hybridized carbons (Fsp3) is 0.143. The van der Waals surface area contributed by atoms with E-state index in [4.69, 9.17) is 9.15 Å². The van der Waals surface area contributed by atoms with E-state index in [2.05, 4.69) is 21.9 Å². The maximum absolute atomic E-state index is 12.0. The van der Waals surface area contributed by atoms with E-state index in [0.717, 1.165) is 0 Å². The molecule has 0 aromatic carbocycles. The van der Waals surface area contributed by atoms with E-state index in [1.807, 2.05) is 0 Å². The number of amides is 1. The molecule has 0 bridgehead atoms. The van der Waals surface area contributed by atoms with E-state index in [-0.39, 0.29) is 19.5 Å². The number of nitrogens with one attached hydrogen (secondary N) is 1. The zero-order valence-electron chi connectivity index (χ0n) is 11.5. The third-order valence-corrected chi connectivity index (χ3v) is 2.99. The number of hydrogen-bond donors (Lipinski definition) is 1. The molecule has 3 rings (SSSR count). The van der Waals surface area contributed by atoms with Crippen LogP contribution in [0.1, 0.15) is 12.0 Å². The molecule has 0 saturated heterocycles. The monoisotopic (exact) mass is 302 g/mol. The third kappa shape index (κ3) is 2.41. The number of rotatable bonds is 3. The Kier molecular flexibility index (Phi) is 3.57. The smallest absolute Gasteiger partial charge is 0.381 e. The third-order valence-electron chi connectivity index (χ3n) is 2.99. The summed E-state index contributed by atoms with van der Waals surface area (Å²) < 4.78 is 10.3. The van der Waals surface area contributed by atoms with Gasteiger partial charge in [0.2, 0.25) is 11.7 Å². The fourth-order valence-corrected chi connectivity index (χ4v) is 2.08. The maximum atomic E-state index is 12.0. The van der Waals surface area contributed by atoms with Gasteiger partial charge in [-0.3, -0.25) is 4.79 Å². The molecule has 3 heterocycles. The summed E-state index contributed by atoms with van der Waals surface area (Å²) in [5.74, 6) is -0.272. The number of carbonyl (C=O) groups is 1. The van der Waals surface area contributed by atoms with Crippen LogP contribution in [-0.2, 0) is 0 Å². The van der Waals surface area contributed by atoms with Crippen LogP contribution in [0.5, 0.6) is 5.75 Å². The molecule has 8 nitrogen and oxygen atoms in total. The normalized spacial score (nSPS) is 13.0. The summed E-state index contributed by atoms with van der Waals surface area (Å²) in [5, 5.41) is 2.35.